The van der Waals surface area contributed by atoms with Crippen LogP contribution in [0.25, 0.3) is 0 Å². The predicted molar refractivity (Wildman–Crippen MR) is 45.2 cm³/mol. The molecule has 12 heavy (non-hydrogen) atoms. The van der Waals surface area contributed by atoms with Gasteiger partial charge in [0.1, 0.15) is 0 Å². The molecule has 66 valence electrons. The molecule has 0 saturated heterocycles. The van der Waals surface area contributed by atoms with Gasteiger partial charge in [0, 0.05) is 5.56 Å². The van der Waals surface area contributed by atoms with Gasteiger partial charge >= 0.3 is 0 Å². The molecule has 0 heterocycles. The lowest BCUT2D eigenvalue weighted by molar-refractivity contribution is 0.152. The number of rotatable bonds is 1. The van der Waals surface area contributed by atoms with Crippen LogP contribution in [0.3, 0.4) is 0 Å². The first-order valence-corrected chi connectivity index (χ1v) is 3.53. The maximum Gasteiger partial charge on any atom is 0.265 e. The van der Waals surface area contributed by atoms with E-state index in [0.29, 0.717) is 0 Å². The van der Waals surface area contributed by atoms with Crippen molar-refractivity contribution in [2.45, 2.75) is 6.43 Å². The third kappa shape index (κ3) is 1.43. The third-order valence-corrected chi connectivity index (χ3v) is 1.83. The van der Waals surface area contributed by atoms with Gasteiger partial charge in [0.25, 0.3) is 6.43 Å². The van der Waals surface area contributed by atoms with Crippen LogP contribution in [0.15, 0.2) is 12.1 Å². The summed E-state index contributed by atoms with van der Waals surface area (Å²) in [6, 6.07) is 2.47. The van der Waals surface area contributed by atoms with Gasteiger partial charge in [-0.1, -0.05) is 11.6 Å². The Balaban J connectivity index is 3.27. The smallest absolute Gasteiger partial charge is 0.265 e. The third-order valence-electron chi connectivity index (χ3n) is 1.50. The summed E-state index contributed by atoms with van der Waals surface area (Å²) in [6.45, 7) is 0. The normalized spacial score (nSPS) is 10.7. The maximum absolute atomic E-state index is 12.2. The Morgan fingerprint density at radius 3 is 2.25 bits per heavy atom. The molecular weight excluding hydrogens is 186 g/mol. The second kappa shape index (κ2) is 3.15. The minimum absolute atomic E-state index is 0.00877. The summed E-state index contributed by atoms with van der Waals surface area (Å²) in [4.78, 5) is 0. The summed E-state index contributed by atoms with van der Waals surface area (Å²) in [6.07, 6.45) is -2.62. The molecule has 0 amide bonds. The Kier molecular flexibility index (Phi) is 2.38. The molecule has 1 rings (SSSR count). The highest BCUT2D eigenvalue weighted by atomic mass is 35.5. The van der Waals surface area contributed by atoms with Crippen LogP contribution >= 0.6 is 11.6 Å². The van der Waals surface area contributed by atoms with E-state index in [0.717, 1.165) is 0 Å². The summed E-state index contributed by atoms with van der Waals surface area (Å²) in [5.41, 5.74) is 10.2. The lowest BCUT2D eigenvalue weighted by Crippen LogP contribution is -2.00. The van der Waals surface area contributed by atoms with Gasteiger partial charge in [-0.25, -0.2) is 8.78 Å². The van der Waals surface area contributed by atoms with Crippen molar-refractivity contribution < 1.29 is 8.78 Å². The topological polar surface area (TPSA) is 52.0 Å². The van der Waals surface area contributed by atoms with Crippen molar-refractivity contribution in [3.63, 3.8) is 0 Å². The van der Waals surface area contributed by atoms with E-state index in [1.807, 2.05) is 0 Å². The zero-order valence-electron chi connectivity index (χ0n) is 6.02. The molecule has 0 aliphatic carbocycles. The van der Waals surface area contributed by atoms with Crippen LogP contribution < -0.4 is 11.5 Å². The Morgan fingerprint density at radius 1 is 1.17 bits per heavy atom. The molecule has 0 unspecified atom stereocenters. The lowest BCUT2D eigenvalue weighted by Gasteiger charge is -2.07. The van der Waals surface area contributed by atoms with Gasteiger partial charge < -0.3 is 11.5 Å². The Bertz CT molecular complexity index is 302. The molecule has 1 aromatic rings. The van der Waals surface area contributed by atoms with Crippen LogP contribution in [-0.4, -0.2) is 0 Å². The van der Waals surface area contributed by atoms with Gasteiger partial charge in [0.05, 0.1) is 16.4 Å². The molecule has 2 nitrogen and oxygen atoms in total. The summed E-state index contributed by atoms with van der Waals surface area (Å²) >= 11 is 5.54. The minimum atomic E-state index is -2.62. The number of alkyl halides is 2. The fourth-order valence-electron chi connectivity index (χ4n) is 0.817. The second-order valence-corrected chi connectivity index (χ2v) is 2.67. The van der Waals surface area contributed by atoms with E-state index in [2.05, 4.69) is 0 Å². The van der Waals surface area contributed by atoms with Crippen LogP contribution in [-0.2, 0) is 0 Å². The predicted octanol–water partition coefficient (Wildman–Crippen LogP) is 2.44. The van der Waals surface area contributed by atoms with E-state index in [1.54, 1.807) is 0 Å². The Labute approximate surface area is 73.1 Å². The largest absolute Gasteiger partial charge is 0.397 e. The van der Waals surface area contributed by atoms with Gasteiger partial charge in [0.15, 0.2) is 0 Å². The average Bonchev–Trinajstić information content (AvgIpc) is 2.00. The quantitative estimate of drug-likeness (QED) is 0.672. The molecule has 5 heteroatoms. The van der Waals surface area contributed by atoms with Gasteiger partial charge in [-0.3, -0.25) is 0 Å². The fourth-order valence-corrected chi connectivity index (χ4v) is 0.982. The van der Waals surface area contributed by atoms with E-state index >= 15 is 0 Å². The summed E-state index contributed by atoms with van der Waals surface area (Å²) in [5, 5.41) is 0.192. The molecule has 0 aliphatic rings. The molecule has 4 N–H and O–H groups in total. The molecule has 0 radical (unpaired) electrons. The van der Waals surface area contributed by atoms with E-state index in [4.69, 9.17) is 23.1 Å². The van der Waals surface area contributed by atoms with Gasteiger partial charge in [-0.2, -0.15) is 0 Å². The minimum Gasteiger partial charge on any atom is -0.397 e. The van der Waals surface area contributed by atoms with Crippen molar-refractivity contribution >= 4 is 23.0 Å². The van der Waals surface area contributed by atoms with Crippen LogP contribution in [0.5, 0.6) is 0 Å². The Hall–Kier alpha value is -1.03. The Morgan fingerprint density at radius 2 is 1.75 bits per heavy atom. The zero-order chi connectivity index (χ0) is 9.30. The molecule has 0 spiro atoms. The first-order valence-electron chi connectivity index (χ1n) is 3.15. The first kappa shape index (κ1) is 9.06. The van der Waals surface area contributed by atoms with Crippen molar-refractivity contribution in [3.05, 3.63) is 22.7 Å². The van der Waals surface area contributed by atoms with E-state index < -0.39 is 6.43 Å². The molecule has 0 aromatic heterocycles. The average molecular weight is 193 g/mol. The van der Waals surface area contributed by atoms with Crippen molar-refractivity contribution in [2.24, 2.45) is 0 Å². The highest BCUT2D eigenvalue weighted by Crippen LogP contribution is 2.33. The molecule has 0 atom stereocenters. The number of anilines is 2. The standard InChI is InChI=1S/C7H7ClF2N2/c8-4-2-1-3(7(9)10)5(11)6(4)12/h1-2,7H,11-12H2. The van der Waals surface area contributed by atoms with Crippen LogP contribution in [0, 0.1) is 0 Å². The van der Waals surface area contributed by atoms with E-state index in [-0.39, 0.29) is 22.0 Å². The monoisotopic (exact) mass is 192 g/mol. The molecule has 0 aliphatic heterocycles. The molecule has 1 aromatic carbocycles. The summed E-state index contributed by atoms with van der Waals surface area (Å²) in [7, 11) is 0. The zero-order valence-corrected chi connectivity index (χ0v) is 6.78. The molecule has 0 fully saturated rings. The van der Waals surface area contributed by atoms with Crippen molar-refractivity contribution in [1.82, 2.24) is 0 Å². The summed E-state index contributed by atoms with van der Waals surface area (Å²) < 4.78 is 24.3. The number of halogens is 3. The second-order valence-electron chi connectivity index (χ2n) is 2.26. The first-order chi connectivity index (χ1) is 5.54. The van der Waals surface area contributed by atoms with Gasteiger partial charge in [-0.05, 0) is 12.1 Å². The van der Waals surface area contributed by atoms with E-state index in [1.165, 1.54) is 12.1 Å². The molecule has 0 saturated carbocycles. The highest BCUT2D eigenvalue weighted by Gasteiger charge is 2.14. The van der Waals surface area contributed by atoms with Crippen LogP contribution in [0.2, 0.25) is 5.02 Å². The van der Waals surface area contributed by atoms with Crippen molar-refractivity contribution in [2.75, 3.05) is 11.5 Å². The number of hydrogen-bond donors (Lipinski definition) is 2. The summed E-state index contributed by atoms with van der Waals surface area (Å²) in [5.74, 6) is 0. The van der Waals surface area contributed by atoms with E-state index in [9.17, 15) is 8.78 Å². The van der Waals surface area contributed by atoms with Crippen LogP contribution in [0.1, 0.15) is 12.0 Å². The number of nitrogens with two attached hydrogens (primary N) is 2. The molecule has 0 bridgehead atoms. The van der Waals surface area contributed by atoms with Crippen molar-refractivity contribution in [1.29, 1.82) is 0 Å². The van der Waals surface area contributed by atoms with Crippen LogP contribution in [0.4, 0.5) is 20.2 Å². The molecular formula is C7H7ClF2N2. The lowest BCUT2D eigenvalue weighted by atomic mass is 10.1. The number of benzene rings is 1. The highest BCUT2D eigenvalue weighted by molar-refractivity contribution is 6.33. The van der Waals surface area contributed by atoms with Gasteiger partial charge in [-0.15, -0.1) is 0 Å². The SMILES string of the molecule is Nc1c(Cl)ccc(C(F)F)c1N. The number of hydrogen-bond acceptors (Lipinski definition) is 2. The number of nitrogen functional groups attached to an aromatic ring is 2. The van der Waals surface area contributed by atoms with Crippen molar-refractivity contribution in [3.8, 4) is 0 Å². The van der Waals surface area contributed by atoms with Gasteiger partial charge in [0.2, 0.25) is 0 Å². The fraction of sp³-hybridized carbons (Fsp3) is 0.143. The maximum atomic E-state index is 12.2.